The van der Waals surface area contributed by atoms with E-state index in [0.717, 1.165) is 23.4 Å². The van der Waals surface area contributed by atoms with Crippen LogP contribution in [0.2, 0.25) is 0 Å². The van der Waals surface area contributed by atoms with Gasteiger partial charge >= 0.3 is 0 Å². The number of amides is 1. The first-order valence-electron chi connectivity index (χ1n) is 11.7. The number of nitrogens with one attached hydrogen (secondary N) is 1. The van der Waals surface area contributed by atoms with Gasteiger partial charge in [0.1, 0.15) is 0 Å². The predicted octanol–water partition coefficient (Wildman–Crippen LogP) is 7.21. The number of hydrogen-bond acceptors (Lipinski definition) is 2. The number of anilines is 2. The summed E-state index contributed by atoms with van der Waals surface area (Å²) < 4.78 is 0. The second-order valence-electron chi connectivity index (χ2n) is 9.88. The average molecular weight is 427 g/mol. The first kappa shape index (κ1) is 22.1. The van der Waals surface area contributed by atoms with Gasteiger partial charge in [0.15, 0.2) is 0 Å². The molecule has 0 fully saturated rings. The van der Waals surface area contributed by atoms with Crippen LogP contribution >= 0.6 is 0 Å². The van der Waals surface area contributed by atoms with E-state index in [0.29, 0.717) is 0 Å². The standard InChI is InChI=1S/C29H34N2O/c1-6-25-20(2)27(30-23-12-8-7-9-13-23)24-14-10-11-15-26(24)31(25)28(32)21-16-18-22(19-17-21)29(3,4)5/h7-20,25,27,30H,6H2,1-5H3/t20-,25+,27+/m1/s1. The molecule has 3 atom stereocenters. The molecule has 0 bridgehead atoms. The number of nitrogens with zero attached hydrogens (tertiary/aromatic N) is 1. The van der Waals surface area contributed by atoms with Crippen LogP contribution < -0.4 is 10.2 Å². The summed E-state index contributed by atoms with van der Waals surface area (Å²) in [5.41, 5.74) is 5.33. The molecule has 3 heteroatoms. The molecule has 0 aromatic heterocycles. The third-order valence-corrected chi connectivity index (χ3v) is 6.73. The lowest BCUT2D eigenvalue weighted by atomic mass is 9.80. The van der Waals surface area contributed by atoms with E-state index in [4.69, 9.17) is 0 Å². The van der Waals surface area contributed by atoms with E-state index in [2.05, 4.69) is 94.5 Å². The SMILES string of the molecule is CC[C@H]1[C@@H](C)[C@H](Nc2ccccc2)c2ccccc2N1C(=O)c1ccc(C(C)(C)C)cc1. The zero-order valence-electron chi connectivity index (χ0n) is 19.8. The van der Waals surface area contributed by atoms with E-state index in [-0.39, 0.29) is 29.3 Å². The summed E-state index contributed by atoms with van der Waals surface area (Å²) in [7, 11) is 0. The van der Waals surface area contributed by atoms with Crippen molar-refractivity contribution < 1.29 is 4.79 Å². The van der Waals surface area contributed by atoms with Crippen LogP contribution in [0, 0.1) is 5.92 Å². The normalized spacial score (nSPS) is 20.5. The molecule has 0 unspecified atom stereocenters. The van der Waals surface area contributed by atoms with Crippen LogP contribution in [-0.2, 0) is 5.41 Å². The number of benzene rings is 3. The van der Waals surface area contributed by atoms with Crippen LogP contribution in [0.1, 0.15) is 68.6 Å². The van der Waals surface area contributed by atoms with E-state index in [9.17, 15) is 4.79 Å². The summed E-state index contributed by atoms with van der Waals surface area (Å²) in [6.45, 7) is 11.0. The largest absolute Gasteiger partial charge is 0.378 e. The van der Waals surface area contributed by atoms with Crippen LogP contribution in [0.25, 0.3) is 0 Å². The van der Waals surface area contributed by atoms with Crippen molar-refractivity contribution in [3.8, 4) is 0 Å². The van der Waals surface area contributed by atoms with Gasteiger partial charge in [-0.15, -0.1) is 0 Å². The van der Waals surface area contributed by atoms with Gasteiger partial charge in [0.05, 0.1) is 6.04 Å². The number of carbonyl (C=O) groups is 1. The molecule has 1 N–H and O–H groups in total. The van der Waals surface area contributed by atoms with Gasteiger partial charge in [0, 0.05) is 28.9 Å². The van der Waals surface area contributed by atoms with Gasteiger partial charge < -0.3 is 10.2 Å². The molecule has 3 nitrogen and oxygen atoms in total. The zero-order chi connectivity index (χ0) is 22.9. The number of para-hydroxylation sites is 2. The van der Waals surface area contributed by atoms with E-state index >= 15 is 0 Å². The fraction of sp³-hybridized carbons (Fsp3) is 0.345. The van der Waals surface area contributed by atoms with E-state index in [1.165, 1.54) is 11.1 Å². The minimum absolute atomic E-state index is 0.0656. The van der Waals surface area contributed by atoms with Gasteiger partial charge in [-0.2, -0.15) is 0 Å². The molecule has 0 spiro atoms. The maximum atomic E-state index is 13.8. The second kappa shape index (κ2) is 8.82. The first-order chi connectivity index (χ1) is 15.3. The molecule has 1 aliphatic heterocycles. The fourth-order valence-corrected chi connectivity index (χ4v) is 4.88. The molecule has 0 radical (unpaired) electrons. The van der Waals surface area contributed by atoms with Crippen molar-refractivity contribution >= 4 is 17.3 Å². The Morgan fingerprint density at radius 2 is 1.53 bits per heavy atom. The number of carbonyl (C=O) groups excluding carboxylic acids is 1. The monoisotopic (exact) mass is 426 g/mol. The molecule has 1 aliphatic rings. The Morgan fingerprint density at radius 3 is 2.16 bits per heavy atom. The Morgan fingerprint density at radius 1 is 0.906 bits per heavy atom. The summed E-state index contributed by atoms with van der Waals surface area (Å²) in [4.78, 5) is 15.8. The molecule has 0 saturated heterocycles. The molecule has 4 rings (SSSR count). The van der Waals surface area contributed by atoms with Gasteiger partial charge in [-0.25, -0.2) is 0 Å². The van der Waals surface area contributed by atoms with Crippen LogP contribution in [0.5, 0.6) is 0 Å². The maximum absolute atomic E-state index is 13.8. The van der Waals surface area contributed by atoms with Crippen molar-refractivity contribution in [1.29, 1.82) is 0 Å². The van der Waals surface area contributed by atoms with Gasteiger partial charge in [-0.3, -0.25) is 4.79 Å². The smallest absolute Gasteiger partial charge is 0.258 e. The predicted molar refractivity (Wildman–Crippen MR) is 134 cm³/mol. The molecular formula is C29H34N2O. The van der Waals surface area contributed by atoms with Crippen LogP contribution in [0.3, 0.4) is 0 Å². The molecule has 3 aromatic rings. The molecule has 0 aliphatic carbocycles. The lowest BCUT2D eigenvalue weighted by Crippen LogP contribution is -2.50. The molecule has 1 amide bonds. The van der Waals surface area contributed by atoms with Crippen molar-refractivity contribution in [3.05, 3.63) is 95.6 Å². The first-order valence-corrected chi connectivity index (χ1v) is 11.7. The van der Waals surface area contributed by atoms with E-state index in [1.54, 1.807) is 0 Å². The van der Waals surface area contributed by atoms with Crippen LogP contribution in [0.4, 0.5) is 11.4 Å². The molecule has 1 heterocycles. The van der Waals surface area contributed by atoms with Crippen LogP contribution in [0.15, 0.2) is 78.9 Å². The third kappa shape index (κ3) is 4.17. The third-order valence-electron chi connectivity index (χ3n) is 6.73. The lowest BCUT2D eigenvalue weighted by molar-refractivity contribution is 0.0960. The Hall–Kier alpha value is -3.07. The Bertz CT molecular complexity index is 1070. The highest BCUT2D eigenvalue weighted by Gasteiger charge is 2.40. The van der Waals surface area contributed by atoms with Crippen LogP contribution in [-0.4, -0.2) is 11.9 Å². The van der Waals surface area contributed by atoms with Gasteiger partial charge in [-0.1, -0.05) is 83.1 Å². The molecular weight excluding hydrogens is 392 g/mol. The highest BCUT2D eigenvalue weighted by Crippen LogP contribution is 2.44. The maximum Gasteiger partial charge on any atom is 0.258 e. The summed E-state index contributed by atoms with van der Waals surface area (Å²) in [5, 5.41) is 3.74. The van der Waals surface area contributed by atoms with Gasteiger partial charge in [-0.05, 0) is 53.3 Å². The fourth-order valence-electron chi connectivity index (χ4n) is 4.88. The number of rotatable bonds is 4. The average Bonchev–Trinajstić information content (AvgIpc) is 2.80. The van der Waals surface area contributed by atoms with E-state index < -0.39 is 0 Å². The quantitative estimate of drug-likeness (QED) is 0.478. The molecule has 32 heavy (non-hydrogen) atoms. The van der Waals surface area contributed by atoms with Crippen molar-refractivity contribution in [2.24, 2.45) is 5.92 Å². The lowest BCUT2D eigenvalue weighted by Gasteiger charge is -2.45. The van der Waals surface area contributed by atoms with Crippen molar-refractivity contribution in [2.45, 2.75) is 58.5 Å². The van der Waals surface area contributed by atoms with Gasteiger partial charge in [0.25, 0.3) is 5.91 Å². The zero-order valence-corrected chi connectivity index (χ0v) is 19.8. The van der Waals surface area contributed by atoms with Crippen molar-refractivity contribution in [1.82, 2.24) is 0 Å². The van der Waals surface area contributed by atoms with Crippen molar-refractivity contribution in [3.63, 3.8) is 0 Å². The number of fused-ring (bicyclic) bond motifs is 1. The minimum atomic E-state index is 0.0656. The second-order valence-corrected chi connectivity index (χ2v) is 9.88. The Labute approximate surface area is 192 Å². The Kier molecular flexibility index (Phi) is 6.10. The van der Waals surface area contributed by atoms with Crippen molar-refractivity contribution in [2.75, 3.05) is 10.2 Å². The highest BCUT2D eigenvalue weighted by molar-refractivity contribution is 6.07. The minimum Gasteiger partial charge on any atom is -0.378 e. The Balaban J connectivity index is 1.73. The molecule has 3 aromatic carbocycles. The summed E-state index contributed by atoms with van der Waals surface area (Å²) >= 11 is 0. The summed E-state index contributed by atoms with van der Waals surface area (Å²) in [5.74, 6) is 0.336. The number of hydrogen-bond donors (Lipinski definition) is 1. The highest BCUT2D eigenvalue weighted by atomic mass is 16.2. The van der Waals surface area contributed by atoms with E-state index in [1.807, 2.05) is 29.2 Å². The summed E-state index contributed by atoms with van der Waals surface area (Å²) in [6, 6.07) is 27.1. The molecule has 0 saturated carbocycles. The summed E-state index contributed by atoms with van der Waals surface area (Å²) in [6.07, 6.45) is 0.897. The van der Waals surface area contributed by atoms with Gasteiger partial charge in [0.2, 0.25) is 0 Å². The molecule has 166 valence electrons. The topological polar surface area (TPSA) is 32.3 Å².